The van der Waals surface area contributed by atoms with Crippen molar-refractivity contribution in [2.75, 3.05) is 26.4 Å². The van der Waals surface area contributed by atoms with Crippen LogP contribution in [0, 0.1) is 0 Å². The van der Waals surface area contributed by atoms with Crippen LogP contribution in [0.15, 0.2) is 60.8 Å². The second-order valence-electron chi connectivity index (χ2n) is 20.8. The normalized spacial score (nSPS) is 13.7. The average molecular weight is 1090 g/mol. The van der Waals surface area contributed by atoms with Gasteiger partial charge < -0.3 is 24.2 Å². The van der Waals surface area contributed by atoms with Crippen molar-refractivity contribution < 1.29 is 52.2 Å². The fraction of sp³-hybridized carbons (Fsp3) is 0.797. The minimum atomic E-state index is -4.76. The number of aliphatic hydroxyl groups excluding tert-OH is 1. The van der Waals surface area contributed by atoms with Gasteiger partial charge in [0.2, 0.25) is 0 Å². The molecule has 0 spiro atoms. The molecular formula is C64H115O11P. The Bertz CT molecular complexity index is 1510. The highest BCUT2D eigenvalue weighted by Crippen LogP contribution is 2.43. The molecule has 0 bridgehead atoms. The van der Waals surface area contributed by atoms with E-state index in [0.29, 0.717) is 19.3 Å². The molecule has 0 saturated heterocycles. The van der Waals surface area contributed by atoms with Crippen LogP contribution in [0.4, 0.5) is 0 Å². The number of hydrogen-bond donors (Lipinski definition) is 2. The van der Waals surface area contributed by atoms with Crippen LogP contribution in [-0.2, 0) is 42.2 Å². The van der Waals surface area contributed by atoms with Gasteiger partial charge in [0.05, 0.1) is 19.8 Å². The van der Waals surface area contributed by atoms with Crippen molar-refractivity contribution in [3.8, 4) is 0 Å². The maximum atomic E-state index is 12.9. The SMILES string of the molecule is CC/C=C\C/C=C\C/C=C\C/C=C\CCCCC(=O)OC(COC(=O)CCCCCCCCCCCCCCCCCCCCC)COP(=O)(O)OCC(CO)OC(=O)CCCCCCC/C=C\CCCCCCCC. The zero-order chi connectivity index (χ0) is 55.5. The van der Waals surface area contributed by atoms with Crippen LogP contribution in [0.3, 0.4) is 0 Å². The summed E-state index contributed by atoms with van der Waals surface area (Å²) in [5, 5.41) is 9.83. The average Bonchev–Trinajstić information content (AvgIpc) is 3.41. The summed E-state index contributed by atoms with van der Waals surface area (Å²) in [5.74, 6) is -1.51. The van der Waals surface area contributed by atoms with Gasteiger partial charge in [0.15, 0.2) is 6.10 Å². The number of carbonyl (C=O) groups excluding carboxylic acids is 3. The summed E-state index contributed by atoms with van der Waals surface area (Å²) >= 11 is 0. The van der Waals surface area contributed by atoms with Gasteiger partial charge in [0.1, 0.15) is 12.7 Å². The first-order chi connectivity index (χ1) is 37.2. The Labute approximate surface area is 465 Å². The number of phosphoric ester groups is 1. The third-order valence-corrected chi connectivity index (χ3v) is 14.4. The topological polar surface area (TPSA) is 155 Å². The number of allylic oxidation sites excluding steroid dienone is 10. The van der Waals surface area contributed by atoms with Crippen LogP contribution in [-0.4, -0.2) is 66.5 Å². The molecule has 0 rings (SSSR count). The lowest BCUT2D eigenvalue weighted by molar-refractivity contribution is -0.161. The van der Waals surface area contributed by atoms with Crippen molar-refractivity contribution in [1.82, 2.24) is 0 Å². The van der Waals surface area contributed by atoms with Crippen LogP contribution in [0.25, 0.3) is 0 Å². The van der Waals surface area contributed by atoms with Crippen molar-refractivity contribution in [1.29, 1.82) is 0 Å². The van der Waals surface area contributed by atoms with Gasteiger partial charge in [-0.15, -0.1) is 0 Å². The first kappa shape index (κ1) is 73.2. The van der Waals surface area contributed by atoms with Gasteiger partial charge in [-0.25, -0.2) is 4.57 Å². The molecule has 3 atom stereocenters. The number of esters is 3. The highest BCUT2D eigenvalue weighted by Gasteiger charge is 2.28. The number of carbonyl (C=O) groups is 3. The largest absolute Gasteiger partial charge is 0.472 e. The summed E-state index contributed by atoms with van der Waals surface area (Å²) in [6.07, 6.45) is 64.7. The second kappa shape index (κ2) is 58.3. The van der Waals surface area contributed by atoms with E-state index in [4.69, 9.17) is 23.3 Å². The molecule has 0 aromatic carbocycles. The van der Waals surface area contributed by atoms with E-state index in [9.17, 15) is 28.9 Å². The fourth-order valence-electron chi connectivity index (χ4n) is 8.70. The number of rotatable bonds is 58. The minimum absolute atomic E-state index is 0.116. The van der Waals surface area contributed by atoms with Crippen LogP contribution >= 0.6 is 7.82 Å². The fourth-order valence-corrected chi connectivity index (χ4v) is 9.48. The smallest absolute Gasteiger partial charge is 0.462 e. The summed E-state index contributed by atoms with van der Waals surface area (Å²) < 4.78 is 39.6. The molecule has 0 aromatic rings. The van der Waals surface area contributed by atoms with Crippen molar-refractivity contribution in [2.45, 2.75) is 303 Å². The Kier molecular flexibility index (Phi) is 56.2. The zero-order valence-electron chi connectivity index (χ0n) is 49.0. The highest BCUT2D eigenvalue weighted by molar-refractivity contribution is 7.47. The number of ether oxygens (including phenoxy) is 3. The molecule has 2 N–H and O–H groups in total. The molecular weight excluding hydrogens is 976 g/mol. The maximum Gasteiger partial charge on any atom is 0.472 e. The molecule has 0 radical (unpaired) electrons. The van der Waals surface area contributed by atoms with Gasteiger partial charge >= 0.3 is 25.7 Å². The molecule has 12 heteroatoms. The Morgan fingerprint density at radius 1 is 0.382 bits per heavy atom. The van der Waals surface area contributed by atoms with Crippen molar-refractivity contribution in [3.63, 3.8) is 0 Å². The van der Waals surface area contributed by atoms with Crippen molar-refractivity contribution >= 4 is 25.7 Å². The van der Waals surface area contributed by atoms with Crippen LogP contribution in [0.2, 0.25) is 0 Å². The van der Waals surface area contributed by atoms with Crippen LogP contribution < -0.4 is 0 Å². The van der Waals surface area contributed by atoms with E-state index in [1.807, 2.05) is 0 Å². The van der Waals surface area contributed by atoms with E-state index in [0.717, 1.165) is 96.3 Å². The highest BCUT2D eigenvalue weighted by atomic mass is 31.2. The summed E-state index contributed by atoms with van der Waals surface area (Å²) in [7, 11) is -4.76. The van der Waals surface area contributed by atoms with Gasteiger partial charge in [-0.3, -0.25) is 23.4 Å². The summed E-state index contributed by atoms with van der Waals surface area (Å²) in [6, 6.07) is 0. The number of hydrogen-bond acceptors (Lipinski definition) is 10. The lowest BCUT2D eigenvalue weighted by atomic mass is 10.0. The lowest BCUT2D eigenvalue weighted by Crippen LogP contribution is -2.30. The number of aliphatic hydroxyl groups is 1. The van der Waals surface area contributed by atoms with Gasteiger partial charge in [0.25, 0.3) is 0 Å². The molecule has 0 amide bonds. The van der Waals surface area contributed by atoms with Gasteiger partial charge in [-0.05, 0) is 83.5 Å². The first-order valence-electron chi connectivity index (χ1n) is 31.2. The van der Waals surface area contributed by atoms with Crippen LogP contribution in [0.5, 0.6) is 0 Å². The molecule has 0 aromatic heterocycles. The number of phosphoric acid groups is 1. The third-order valence-electron chi connectivity index (χ3n) is 13.4. The quantitative estimate of drug-likeness (QED) is 0.0197. The van der Waals surface area contributed by atoms with Gasteiger partial charge in [0, 0.05) is 19.3 Å². The molecule has 442 valence electrons. The molecule has 0 aliphatic heterocycles. The minimum Gasteiger partial charge on any atom is -0.462 e. The van der Waals surface area contributed by atoms with E-state index in [1.165, 1.54) is 135 Å². The predicted octanol–water partition coefficient (Wildman–Crippen LogP) is 18.7. The Balaban J connectivity index is 4.71. The maximum absolute atomic E-state index is 12.9. The number of unbranched alkanes of at least 4 members (excludes halogenated alkanes) is 31. The van der Waals surface area contributed by atoms with Crippen molar-refractivity contribution in [3.05, 3.63) is 60.8 Å². The molecule has 0 heterocycles. The van der Waals surface area contributed by atoms with E-state index in [2.05, 4.69) is 81.5 Å². The van der Waals surface area contributed by atoms with Crippen LogP contribution in [0.1, 0.15) is 290 Å². The first-order valence-corrected chi connectivity index (χ1v) is 32.7. The molecule has 76 heavy (non-hydrogen) atoms. The van der Waals surface area contributed by atoms with E-state index >= 15 is 0 Å². The molecule has 0 fully saturated rings. The second-order valence-corrected chi connectivity index (χ2v) is 22.3. The zero-order valence-corrected chi connectivity index (χ0v) is 49.9. The predicted molar refractivity (Wildman–Crippen MR) is 316 cm³/mol. The lowest BCUT2D eigenvalue weighted by Gasteiger charge is -2.21. The van der Waals surface area contributed by atoms with E-state index in [-0.39, 0.29) is 25.9 Å². The monoisotopic (exact) mass is 1090 g/mol. The van der Waals surface area contributed by atoms with E-state index in [1.54, 1.807) is 0 Å². The van der Waals surface area contributed by atoms with Gasteiger partial charge in [-0.2, -0.15) is 0 Å². The third kappa shape index (κ3) is 55.9. The standard InChI is InChI=1S/C64H115O11P/c1-4-7-10-13-16-19-22-25-28-29-30-31-34-35-38-41-44-47-50-53-62(66)71-57-61(75-64(68)55-52-49-46-43-40-37-33-27-24-21-18-15-12-9-6-3)59-73-76(69,70)72-58-60(56-65)74-63(67)54-51-48-45-42-39-36-32-26-23-20-17-14-11-8-5-2/h9,12,18,21,26-27,32-33,40,43,60-61,65H,4-8,10-11,13-17,19-20,22-25,28-31,34-39,41-42,44-59H2,1-3H3,(H,69,70)/b12-9-,21-18-,32-26-,33-27-,43-40-. The summed E-state index contributed by atoms with van der Waals surface area (Å²) in [4.78, 5) is 48.6. The Morgan fingerprint density at radius 2 is 0.684 bits per heavy atom. The summed E-state index contributed by atoms with van der Waals surface area (Å²) in [6.45, 7) is 4.51. The molecule has 0 aliphatic rings. The summed E-state index contributed by atoms with van der Waals surface area (Å²) in [5.41, 5.74) is 0. The molecule has 0 aliphatic carbocycles. The Morgan fingerprint density at radius 3 is 1.09 bits per heavy atom. The molecule has 3 unspecified atom stereocenters. The molecule has 11 nitrogen and oxygen atoms in total. The molecule has 0 saturated carbocycles. The van der Waals surface area contributed by atoms with Gasteiger partial charge in [-0.1, -0.05) is 248 Å². The van der Waals surface area contributed by atoms with E-state index < -0.39 is 57.8 Å². The Hall–Kier alpha value is -2.82. The van der Waals surface area contributed by atoms with Crippen molar-refractivity contribution in [2.24, 2.45) is 0 Å².